The number of epoxide rings is 1. The lowest BCUT2D eigenvalue weighted by atomic mass is 9.93. The molecule has 1 rings (SSSR count). The molecule has 19 heavy (non-hydrogen) atoms. The Labute approximate surface area is 94.7 Å². The highest BCUT2D eigenvalue weighted by atomic mass is 19.4. The van der Waals surface area contributed by atoms with E-state index in [0.29, 0.717) is 0 Å². The Hall–Kier alpha value is -0.880. The van der Waals surface area contributed by atoms with Gasteiger partial charge in [-0.05, 0) is 0 Å². The molecule has 0 N–H and O–H groups in total. The molecule has 0 aromatic rings. The summed E-state index contributed by atoms with van der Waals surface area (Å²) in [6, 6.07) is 0. The minimum Gasteiger partial charge on any atom is -0.308 e. The van der Waals surface area contributed by atoms with Gasteiger partial charge in [-0.25, -0.2) is 0 Å². The van der Waals surface area contributed by atoms with Crippen LogP contribution in [-0.4, -0.2) is 35.9 Å². The lowest BCUT2D eigenvalue weighted by Crippen LogP contribution is -2.62. The van der Waals surface area contributed by atoms with Gasteiger partial charge in [0.1, 0.15) is 0 Å². The van der Waals surface area contributed by atoms with E-state index in [1.807, 2.05) is 0 Å². The first kappa shape index (κ1) is 16.2. The van der Waals surface area contributed by atoms with E-state index in [1.54, 1.807) is 0 Å². The lowest BCUT2D eigenvalue weighted by molar-refractivity contribution is -0.356. The zero-order valence-electron chi connectivity index (χ0n) is 7.94. The van der Waals surface area contributed by atoms with Crippen LogP contribution < -0.4 is 0 Å². The van der Waals surface area contributed by atoms with Gasteiger partial charge in [-0.15, -0.1) is 0 Å². The molecule has 114 valence electrons. The van der Waals surface area contributed by atoms with Crippen LogP contribution in [0.2, 0.25) is 0 Å². The summed E-state index contributed by atoms with van der Waals surface area (Å²) in [7, 11) is 0. The lowest BCUT2D eigenvalue weighted by Gasteiger charge is -2.28. The normalized spacial score (nSPS) is 33.5. The van der Waals surface area contributed by atoms with Crippen molar-refractivity contribution in [1.82, 2.24) is 0 Å². The van der Waals surface area contributed by atoms with Crippen molar-refractivity contribution in [3.8, 4) is 0 Å². The van der Waals surface area contributed by atoms with Crippen LogP contribution in [0.15, 0.2) is 0 Å². The SMILES string of the molecule is FC(F)(F)C(F)(F)C1(C(F)(F)F)OC1(F)C(F)(F)F. The molecule has 0 amide bonds. The summed E-state index contributed by atoms with van der Waals surface area (Å²) >= 11 is 0. The molecule has 2 atom stereocenters. The van der Waals surface area contributed by atoms with Crippen molar-refractivity contribution in [2.75, 3.05) is 0 Å². The third-order valence-electron chi connectivity index (χ3n) is 2.27. The van der Waals surface area contributed by atoms with Crippen molar-refractivity contribution >= 4 is 0 Å². The molecule has 0 bridgehead atoms. The first-order chi connectivity index (χ1) is 7.96. The first-order valence-electron chi connectivity index (χ1n) is 3.93. The second-order valence-corrected chi connectivity index (χ2v) is 3.45. The van der Waals surface area contributed by atoms with Crippen molar-refractivity contribution in [3.05, 3.63) is 0 Å². The minimum atomic E-state index is -7.12. The van der Waals surface area contributed by atoms with E-state index in [2.05, 4.69) is 4.74 Å². The fourth-order valence-electron chi connectivity index (χ4n) is 1.33. The molecule has 0 spiro atoms. The molecule has 0 aromatic carbocycles. The van der Waals surface area contributed by atoms with Gasteiger partial charge >= 0.3 is 35.9 Å². The summed E-state index contributed by atoms with van der Waals surface area (Å²) in [5.41, 5.74) is -6.34. The zero-order valence-corrected chi connectivity index (χ0v) is 7.94. The molecule has 13 heteroatoms. The van der Waals surface area contributed by atoms with Crippen molar-refractivity contribution in [1.29, 1.82) is 0 Å². The molecule has 0 saturated carbocycles. The maximum absolute atomic E-state index is 12.8. The van der Waals surface area contributed by atoms with Crippen LogP contribution in [0.3, 0.4) is 0 Å². The van der Waals surface area contributed by atoms with Crippen molar-refractivity contribution in [3.63, 3.8) is 0 Å². The molecule has 1 aliphatic heterocycles. The minimum absolute atomic E-state index is 2.23. The van der Waals surface area contributed by atoms with Crippen LogP contribution >= 0.6 is 0 Å². The zero-order chi connectivity index (χ0) is 15.7. The average molecular weight is 316 g/mol. The van der Waals surface area contributed by atoms with E-state index in [9.17, 15) is 52.7 Å². The van der Waals surface area contributed by atoms with E-state index in [-0.39, 0.29) is 0 Å². The molecular weight excluding hydrogens is 316 g/mol. The molecule has 1 saturated heterocycles. The topological polar surface area (TPSA) is 12.5 Å². The summed E-state index contributed by atoms with van der Waals surface area (Å²) < 4.78 is 147. The Morgan fingerprint density at radius 2 is 1.00 bits per heavy atom. The van der Waals surface area contributed by atoms with E-state index in [4.69, 9.17) is 0 Å². The van der Waals surface area contributed by atoms with Crippen LogP contribution in [0.4, 0.5) is 52.7 Å². The van der Waals surface area contributed by atoms with Crippen LogP contribution in [0.5, 0.6) is 0 Å². The molecule has 2 unspecified atom stereocenters. The molecule has 0 aromatic heterocycles. The molecule has 1 aliphatic rings. The fourth-order valence-corrected chi connectivity index (χ4v) is 1.33. The maximum atomic E-state index is 12.8. The summed E-state index contributed by atoms with van der Waals surface area (Å²) in [6.07, 6.45) is -20.8. The summed E-state index contributed by atoms with van der Waals surface area (Å²) in [5, 5.41) is 0. The Morgan fingerprint density at radius 3 is 1.16 bits per heavy atom. The molecular formula is C6F12O. The second kappa shape index (κ2) is 3.41. The van der Waals surface area contributed by atoms with Crippen LogP contribution in [0.25, 0.3) is 0 Å². The first-order valence-corrected chi connectivity index (χ1v) is 3.93. The Kier molecular flexibility index (Phi) is 2.90. The predicted molar refractivity (Wildman–Crippen MR) is 30.8 cm³/mol. The standard InChI is InChI=1S/C6F12O/c7-2(8,5(13,14)15)1(4(10,11)12)3(9,19-1)6(16,17)18. The van der Waals surface area contributed by atoms with E-state index in [0.717, 1.165) is 0 Å². The third kappa shape index (κ3) is 1.69. The van der Waals surface area contributed by atoms with Gasteiger partial charge < -0.3 is 4.74 Å². The van der Waals surface area contributed by atoms with Gasteiger partial charge in [-0.1, -0.05) is 0 Å². The van der Waals surface area contributed by atoms with Gasteiger partial charge in [0.15, 0.2) is 0 Å². The van der Waals surface area contributed by atoms with Crippen LogP contribution in [0.1, 0.15) is 0 Å². The highest BCUT2D eigenvalue weighted by molar-refractivity contribution is 5.26. The number of ether oxygens (including phenoxy) is 1. The van der Waals surface area contributed by atoms with E-state index >= 15 is 0 Å². The van der Waals surface area contributed by atoms with Gasteiger partial charge in [0, 0.05) is 0 Å². The Morgan fingerprint density at radius 1 is 0.632 bits per heavy atom. The smallest absolute Gasteiger partial charge is 0.308 e. The van der Waals surface area contributed by atoms with E-state index < -0.39 is 35.9 Å². The molecule has 1 heterocycles. The molecule has 0 aliphatic carbocycles. The quantitative estimate of drug-likeness (QED) is 0.530. The van der Waals surface area contributed by atoms with Gasteiger partial charge in [0.05, 0.1) is 0 Å². The van der Waals surface area contributed by atoms with Gasteiger partial charge in [0.2, 0.25) is 0 Å². The largest absolute Gasteiger partial charge is 0.457 e. The highest BCUT2D eigenvalue weighted by Gasteiger charge is 3.05. The number of halogens is 12. The van der Waals surface area contributed by atoms with Crippen LogP contribution in [0, 0.1) is 0 Å². The number of hydrogen-bond acceptors (Lipinski definition) is 1. The highest BCUT2D eigenvalue weighted by Crippen LogP contribution is 2.72. The van der Waals surface area contributed by atoms with Crippen LogP contribution in [-0.2, 0) is 4.74 Å². The summed E-state index contributed by atoms with van der Waals surface area (Å²) in [6.45, 7) is 0. The predicted octanol–water partition coefficient (Wildman–Crippen LogP) is 3.74. The molecule has 0 radical (unpaired) electrons. The van der Waals surface area contributed by atoms with Crippen molar-refractivity contribution in [2.45, 2.75) is 35.9 Å². The second-order valence-electron chi connectivity index (χ2n) is 3.45. The fraction of sp³-hybridized carbons (Fsp3) is 1.00. The summed E-state index contributed by atoms with van der Waals surface area (Å²) in [4.78, 5) is 0. The number of rotatable bonds is 1. The Balaban J connectivity index is 3.47. The average Bonchev–Trinajstić information content (AvgIpc) is 2.71. The van der Waals surface area contributed by atoms with Crippen molar-refractivity contribution in [2.24, 2.45) is 0 Å². The molecule has 1 fully saturated rings. The third-order valence-corrected chi connectivity index (χ3v) is 2.27. The monoisotopic (exact) mass is 316 g/mol. The number of alkyl halides is 12. The maximum Gasteiger partial charge on any atom is 0.457 e. The van der Waals surface area contributed by atoms with E-state index in [1.165, 1.54) is 0 Å². The number of hydrogen-bond donors (Lipinski definition) is 0. The van der Waals surface area contributed by atoms with Crippen molar-refractivity contribution < 1.29 is 57.4 Å². The van der Waals surface area contributed by atoms with Gasteiger partial charge in [0.25, 0.3) is 0 Å². The van der Waals surface area contributed by atoms with Gasteiger partial charge in [-0.2, -0.15) is 52.7 Å². The summed E-state index contributed by atoms with van der Waals surface area (Å²) in [5.74, 6) is -13.3. The Bertz CT molecular complexity index is 375. The molecule has 1 nitrogen and oxygen atoms in total. The van der Waals surface area contributed by atoms with Gasteiger partial charge in [-0.3, -0.25) is 0 Å².